The Bertz CT molecular complexity index is 1390. The minimum atomic E-state index is 0.519. The maximum atomic E-state index is 4.88. The lowest BCUT2D eigenvalue weighted by atomic mass is 9.97. The van der Waals surface area contributed by atoms with Gasteiger partial charge in [-0.3, -0.25) is 14.6 Å². The summed E-state index contributed by atoms with van der Waals surface area (Å²) in [5, 5.41) is 4.42. The number of nitrogens with zero attached hydrogens (tertiary/aromatic N) is 6. The van der Waals surface area contributed by atoms with E-state index in [-0.39, 0.29) is 0 Å². The number of piperidine rings is 1. The minimum Gasteiger partial charge on any atom is -0.299 e. The van der Waals surface area contributed by atoms with Gasteiger partial charge in [-0.05, 0) is 42.2 Å². The van der Waals surface area contributed by atoms with Crippen LogP contribution in [-0.2, 0) is 6.54 Å². The molecule has 0 unspecified atom stereocenters. The number of hydrogen-bond donors (Lipinski definition) is 0. The SMILES string of the molecule is c1ccc(-c2cc(-c3ncccn3)cnc2-c2ccc(CN3CCC(n4cccn4)CC3)cc2)cc1. The summed E-state index contributed by atoms with van der Waals surface area (Å²) in [6.07, 6.45) is 11.6. The molecule has 3 aromatic heterocycles. The zero-order chi connectivity index (χ0) is 24.2. The maximum Gasteiger partial charge on any atom is 0.160 e. The third kappa shape index (κ3) is 4.81. The third-order valence-electron chi connectivity index (χ3n) is 6.89. The molecule has 0 bridgehead atoms. The van der Waals surface area contributed by atoms with E-state index < -0.39 is 0 Å². The molecular formula is C30H28N6. The van der Waals surface area contributed by atoms with Gasteiger partial charge in [0.2, 0.25) is 0 Å². The van der Waals surface area contributed by atoms with Gasteiger partial charge in [0.15, 0.2) is 5.82 Å². The Hall–Kier alpha value is -4.16. The molecule has 2 aromatic carbocycles. The zero-order valence-corrected chi connectivity index (χ0v) is 20.1. The van der Waals surface area contributed by atoms with Crippen LogP contribution in [0, 0.1) is 0 Å². The van der Waals surface area contributed by atoms with Gasteiger partial charge in [-0.15, -0.1) is 0 Å². The van der Waals surface area contributed by atoms with Crippen molar-refractivity contribution in [2.75, 3.05) is 13.1 Å². The fraction of sp³-hybridized carbons (Fsp3) is 0.200. The molecule has 0 spiro atoms. The number of pyridine rings is 1. The van der Waals surface area contributed by atoms with Crippen LogP contribution in [0.15, 0.2) is 104 Å². The Morgan fingerprint density at radius 2 is 1.50 bits per heavy atom. The van der Waals surface area contributed by atoms with Crippen LogP contribution in [0.25, 0.3) is 33.8 Å². The smallest absolute Gasteiger partial charge is 0.160 e. The van der Waals surface area contributed by atoms with E-state index in [0.29, 0.717) is 11.9 Å². The van der Waals surface area contributed by atoms with Crippen LogP contribution in [0.3, 0.4) is 0 Å². The lowest BCUT2D eigenvalue weighted by Crippen LogP contribution is -2.34. The molecule has 0 atom stereocenters. The quantitative estimate of drug-likeness (QED) is 0.308. The zero-order valence-electron chi connectivity index (χ0n) is 20.1. The van der Waals surface area contributed by atoms with Crippen molar-refractivity contribution in [1.29, 1.82) is 0 Å². The Morgan fingerprint density at radius 1 is 0.722 bits per heavy atom. The van der Waals surface area contributed by atoms with Crippen LogP contribution in [0.4, 0.5) is 0 Å². The maximum absolute atomic E-state index is 4.88. The first-order chi connectivity index (χ1) is 17.8. The van der Waals surface area contributed by atoms with Gasteiger partial charge >= 0.3 is 0 Å². The molecular weight excluding hydrogens is 444 g/mol. The van der Waals surface area contributed by atoms with Crippen molar-refractivity contribution in [2.24, 2.45) is 0 Å². The van der Waals surface area contributed by atoms with Gasteiger partial charge in [0.1, 0.15) is 0 Å². The largest absolute Gasteiger partial charge is 0.299 e. The molecule has 178 valence electrons. The van der Waals surface area contributed by atoms with Crippen LogP contribution >= 0.6 is 0 Å². The Morgan fingerprint density at radius 3 is 2.22 bits per heavy atom. The average Bonchev–Trinajstić information content (AvgIpc) is 3.50. The first-order valence-electron chi connectivity index (χ1n) is 12.5. The van der Waals surface area contributed by atoms with Crippen molar-refractivity contribution < 1.29 is 0 Å². The molecule has 0 radical (unpaired) electrons. The molecule has 5 aromatic rings. The number of benzene rings is 2. The van der Waals surface area contributed by atoms with Crippen LogP contribution in [0.5, 0.6) is 0 Å². The average molecular weight is 473 g/mol. The van der Waals surface area contributed by atoms with Crippen LogP contribution < -0.4 is 0 Å². The molecule has 0 amide bonds. The second kappa shape index (κ2) is 10.2. The number of likely N-dealkylation sites (tertiary alicyclic amines) is 1. The highest BCUT2D eigenvalue weighted by Crippen LogP contribution is 2.33. The van der Waals surface area contributed by atoms with Gasteiger partial charge in [-0.25, -0.2) is 9.97 Å². The normalized spacial score (nSPS) is 14.7. The second-order valence-electron chi connectivity index (χ2n) is 9.25. The van der Waals surface area contributed by atoms with Gasteiger partial charge in [-0.2, -0.15) is 5.10 Å². The highest BCUT2D eigenvalue weighted by atomic mass is 15.3. The lowest BCUT2D eigenvalue weighted by Gasteiger charge is -2.32. The van der Waals surface area contributed by atoms with Crippen LogP contribution in [-0.4, -0.2) is 42.7 Å². The van der Waals surface area contributed by atoms with E-state index in [2.05, 4.69) is 85.4 Å². The summed E-state index contributed by atoms with van der Waals surface area (Å²) in [5.41, 5.74) is 6.51. The van der Waals surface area contributed by atoms with E-state index in [9.17, 15) is 0 Å². The van der Waals surface area contributed by atoms with Crippen molar-refractivity contribution >= 4 is 0 Å². The summed E-state index contributed by atoms with van der Waals surface area (Å²) in [5.74, 6) is 0.681. The third-order valence-corrected chi connectivity index (χ3v) is 6.89. The molecule has 6 heteroatoms. The molecule has 0 aliphatic carbocycles. The Labute approximate surface area is 211 Å². The fourth-order valence-electron chi connectivity index (χ4n) is 4.97. The molecule has 4 heterocycles. The highest BCUT2D eigenvalue weighted by molar-refractivity contribution is 5.83. The predicted molar refractivity (Wildman–Crippen MR) is 142 cm³/mol. The van der Waals surface area contributed by atoms with Gasteiger partial charge in [0.05, 0.1) is 11.7 Å². The van der Waals surface area contributed by atoms with E-state index >= 15 is 0 Å². The molecule has 36 heavy (non-hydrogen) atoms. The molecule has 0 N–H and O–H groups in total. The van der Waals surface area contributed by atoms with Gasteiger partial charge in [0.25, 0.3) is 0 Å². The summed E-state index contributed by atoms with van der Waals surface area (Å²) in [4.78, 5) is 16.2. The van der Waals surface area contributed by atoms with E-state index in [1.54, 1.807) is 12.4 Å². The molecule has 1 fully saturated rings. The fourth-order valence-corrected chi connectivity index (χ4v) is 4.97. The number of rotatable bonds is 6. The molecule has 0 saturated carbocycles. The predicted octanol–water partition coefficient (Wildman–Crippen LogP) is 5.91. The Kier molecular flexibility index (Phi) is 6.33. The molecule has 1 aliphatic heterocycles. The van der Waals surface area contributed by atoms with Crippen molar-refractivity contribution in [1.82, 2.24) is 29.6 Å². The molecule has 1 saturated heterocycles. The van der Waals surface area contributed by atoms with E-state index in [1.807, 2.05) is 30.6 Å². The second-order valence-corrected chi connectivity index (χ2v) is 9.25. The minimum absolute atomic E-state index is 0.519. The first kappa shape index (κ1) is 22.3. The van der Waals surface area contributed by atoms with Crippen molar-refractivity contribution in [3.63, 3.8) is 0 Å². The summed E-state index contributed by atoms with van der Waals surface area (Å²) in [7, 11) is 0. The topological polar surface area (TPSA) is 59.7 Å². The Balaban J connectivity index is 1.22. The highest BCUT2D eigenvalue weighted by Gasteiger charge is 2.21. The number of aromatic nitrogens is 5. The summed E-state index contributed by atoms with van der Waals surface area (Å²) in [6, 6.07) is 25.8. The summed E-state index contributed by atoms with van der Waals surface area (Å²) >= 11 is 0. The summed E-state index contributed by atoms with van der Waals surface area (Å²) < 4.78 is 2.11. The van der Waals surface area contributed by atoms with E-state index in [1.165, 1.54) is 5.56 Å². The van der Waals surface area contributed by atoms with E-state index in [4.69, 9.17) is 4.98 Å². The van der Waals surface area contributed by atoms with Gasteiger partial charge in [0, 0.05) is 67.3 Å². The van der Waals surface area contributed by atoms with Gasteiger partial charge < -0.3 is 0 Å². The molecule has 6 rings (SSSR count). The van der Waals surface area contributed by atoms with Gasteiger partial charge in [-0.1, -0.05) is 54.6 Å². The van der Waals surface area contributed by atoms with Crippen LogP contribution in [0.2, 0.25) is 0 Å². The van der Waals surface area contributed by atoms with Crippen molar-refractivity contribution in [3.05, 3.63) is 109 Å². The van der Waals surface area contributed by atoms with E-state index in [0.717, 1.165) is 60.4 Å². The molecule has 1 aliphatic rings. The van der Waals surface area contributed by atoms with Crippen molar-refractivity contribution in [2.45, 2.75) is 25.4 Å². The monoisotopic (exact) mass is 472 g/mol. The number of hydrogen-bond acceptors (Lipinski definition) is 5. The van der Waals surface area contributed by atoms with Crippen LogP contribution in [0.1, 0.15) is 24.4 Å². The lowest BCUT2D eigenvalue weighted by molar-refractivity contribution is 0.173. The van der Waals surface area contributed by atoms with Crippen molar-refractivity contribution in [3.8, 4) is 33.8 Å². The molecule has 6 nitrogen and oxygen atoms in total. The first-order valence-corrected chi connectivity index (χ1v) is 12.5. The standard InChI is InChI=1S/C30H28N6/c1-2-6-24(7-3-1)28-20-26(30-31-14-4-15-32-30)21-33-29(28)25-10-8-23(9-11-25)22-35-18-12-27(13-19-35)36-17-5-16-34-36/h1-11,14-17,20-21,27H,12-13,18-19,22H2. The summed E-state index contributed by atoms with van der Waals surface area (Å²) in [6.45, 7) is 3.15.